The summed E-state index contributed by atoms with van der Waals surface area (Å²) >= 11 is 0. The van der Waals surface area contributed by atoms with Crippen LogP contribution in [0.4, 0.5) is 4.48 Å². The highest BCUT2D eigenvalue weighted by molar-refractivity contribution is 5.75. The predicted molar refractivity (Wildman–Crippen MR) is 29.0 cm³/mol. The topological polar surface area (TPSA) is 20.3 Å². The lowest BCUT2D eigenvalue weighted by Gasteiger charge is -1.99. The van der Waals surface area contributed by atoms with Crippen LogP contribution in [0.15, 0.2) is 0 Å². The molecule has 0 aliphatic carbocycles. The number of Topliss-reactive ketones (excluding diaryl/α,β-unsaturated/α-hetero) is 1. The third kappa shape index (κ3) is 5.56. The van der Waals surface area contributed by atoms with Crippen molar-refractivity contribution < 1.29 is 9.28 Å². The summed E-state index contributed by atoms with van der Waals surface area (Å²) < 4.78 is 11.7. The molecule has 8 heavy (non-hydrogen) atoms. The average Bonchev–Trinajstić information content (AvgIpc) is 1.61. The van der Waals surface area contributed by atoms with Crippen LogP contribution in [-0.4, -0.2) is 24.5 Å². The van der Waals surface area contributed by atoms with Gasteiger partial charge in [-0.15, -0.1) is 9.60 Å². The third-order valence-electron chi connectivity index (χ3n) is 0.772. The molecule has 0 N–H and O–H groups in total. The monoisotopic (exact) mass is 119 g/mol. The fourth-order valence-corrected chi connectivity index (χ4v) is 0.312. The van der Waals surface area contributed by atoms with Crippen molar-refractivity contribution in [2.75, 3.05) is 13.6 Å². The second-order valence-corrected chi connectivity index (χ2v) is 1.78. The van der Waals surface area contributed by atoms with Crippen LogP contribution in [-0.2, 0) is 4.79 Å². The Kier molecular flexibility index (Phi) is 3.35. The van der Waals surface area contributed by atoms with Crippen molar-refractivity contribution in [2.24, 2.45) is 0 Å². The van der Waals surface area contributed by atoms with E-state index in [0.717, 1.165) is 0 Å². The minimum atomic E-state index is 0.0227. The quantitative estimate of drug-likeness (QED) is 0.512. The maximum Gasteiger partial charge on any atom is 0.131 e. The van der Waals surface area contributed by atoms with Gasteiger partial charge in [-0.25, -0.2) is 0 Å². The molecule has 0 fully saturated rings. The molecule has 0 aromatic rings. The molecule has 0 rings (SSSR count). The zero-order chi connectivity index (χ0) is 6.57. The number of nitrogens with zero attached hydrogens (tertiary/aromatic N) is 1. The van der Waals surface area contributed by atoms with Gasteiger partial charge < -0.3 is 0 Å². The van der Waals surface area contributed by atoms with Crippen molar-refractivity contribution in [3.8, 4) is 0 Å². The van der Waals surface area contributed by atoms with Crippen molar-refractivity contribution in [1.82, 2.24) is 5.12 Å². The van der Waals surface area contributed by atoms with E-state index in [1.165, 1.54) is 14.0 Å². The van der Waals surface area contributed by atoms with E-state index >= 15 is 0 Å². The lowest BCUT2D eigenvalue weighted by atomic mass is 10.3. The van der Waals surface area contributed by atoms with E-state index in [0.29, 0.717) is 11.5 Å². The average molecular weight is 119 g/mol. The molecule has 2 nitrogen and oxygen atoms in total. The summed E-state index contributed by atoms with van der Waals surface area (Å²) in [6, 6.07) is 0. The van der Waals surface area contributed by atoms with E-state index in [2.05, 4.69) is 0 Å². The number of rotatable bonds is 3. The maximum atomic E-state index is 11.7. The fraction of sp³-hybridized carbons (Fsp3) is 0.800. The number of hydrogen-bond acceptors (Lipinski definition) is 2. The van der Waals surface area contributed by atoms with Gasteiger partial charge in [-0.1, -0.05) is 0 Å². The SMILES string of the molecule is CC(=O)CCN(C)F. The number of carbonyl (C=O) groups excluding carboxylic acids is 1. The van der Waals surface area contributed by atoms with Gasteiger partial charge in [0.1, 0.15) is 5.78 Å². The molecule has 0 saturated carbocycles. The van der Waals surface area contributed by atoms with Crippen molar-refractivity contribution in [2.45, 2.75) is 13.3 Å². The van der Waals surface area contributed by atoms with Gasteiger partial charge in [0, 0.05) is 20.0 Å². The molecule has 0 spiro atoms. The first-order valence-corrected chi connectivity index (χ1v) is 2.49. The summed E-state index contributed by atoms with van der Waals surface area (Å²) in [6.07, 6.45) is 0.299. The summed E-state index contributed by atoms with van der Waals surface area (Å²) in [5, 5.41) is 0.501. The van der Waals surface area contributed by atoms with Gasteiger partial charge in [-0.05, 0) is 6.92 Å². The second kappa shape index (κ2) is 3.55. The highest BCUT2D eigenvalue weighted by Gasteiger charge is 1.95. The zero-order valence-corrected chi connectivity index (χ0v) is 5.15. The summed E-state index contributed by atoms with van der Waals surface area (Å²) in [5.41, 5.74) is 0. The molecule has 0 unspecified atom stereocenters. The Labute approximate surface area is 48.2 Å². The number of ketones is 1. The van der Waals surface area contributed by atoms with Crippen LogP contribution >= 0.6 is 0 Å². The maximum absolute atomic E-state index is 11.7. The first-order chi connectivity index (χ1) is 3.63. The molecule has 3 heteroatoms. The van der Waals surface area contributed by atoms with Crippen LogP contribution < -0.4 is 0 Å². The van der Waals surface area contributed by atoms with Gasteiger partial charge in [-0.3, -0.25) is 4.79 Å². The number of hydrogen-bond donors (Lipinski definition) is 0. The Bertz CT molecular complexity index is 82.5. The van der Waals surface area contributed by atoms with Gasteiger partial charge in [-0.2, -0.15) is 0 Å². The molecule has 0 amide bonds. The van der Waals surface area contributed by atoms with Crippen LogP contribution in [0.5, 0.6) is 0 Å². The Morgan fingerprint density at radius 3 is 2.38 bits per heavy atom. The Morgan fingerprint density at radius 2 is 2.25 bits per heavy atom. The fourth-order valence-electron chi connectivity index (χ4n) is 0.312. The van der Waals surface area contributed by atoms with Gasteiger partial charge >= 0.3 is 0 Å². The molecule has 0 aliphatic heterocycles. The van der Waals surface area contributed by atoms with Crippen LogP contribution in [0.2, 0.25) is 0 Å². The molecule has 0 atom stereocenters. The summed E-state index contributed by atoms with van der Waals surface area (Å²) in [4.78, 5) is 10.2. The van der Waals surface area contributed by atoms with Crippen LogP contribution in [0.25, 0.3) is 0 Å². The molecular formula is C5H10FNO. The normalized spacial score (nSPS) is 10.0. The first-order valence-electron chi connectivity index (χ1n) is 2.49. The Morgan fingerprint density at radius 1 is 1.75 bits per heavy atom. The number of halogens is 1. The van der Waals surface area contributed by atoms with Crippen molar-refractivity contribution in [3.05, 3.63) is 0 Å². The van der Waals surface area contributed by atoms with E-state index in [1.807, 2.05) is 0 Å². The van der Waals surface area contributed by atoms with Crippen LogP contribution in [0.3, 0.4) is 0 Å². The van der Waals surface area contributed by atoms with Gasteiger partial charge in [0.2, 0.25) is 0 Å². The number of carbonyl (C=O) groups is 1. The Balaban J connectivity index is 3.05. The molecule has 0 bridgehead atoms. The summed E-state index contributed by atoms with van der Waals surface area (Å²) in [7, 11) is 1.29. The third-order valence-corrected chi connectivity index (χ3v) is 0.772. The molecule has 0 saturated heterocycles. The van der Waals surface area contributed by atoms with Gasteiger partial charge in [0.15, 0.2) is 0 Å². The molecule has 0 aromatic carbocycles. The summed E-state index contributed by atoms with van der Waals surface area (Å²) in [5.74, 6) is 0.0227. The second-order valence-electron chi connectivity index (χ2n) is 1.78. The highest BCUT2D eigenvalue weighted by Crippen LogP contribution is 1.86. The van der Waals surface area contributed by atoms with Crippen LogP contribution in [0.1, 0.15) is 13.3 Å². The Hall–Kier alpha value is -0.440. The lowest BCUT2D eigenvalue weighted by Crippen LogP contribution is -2.10. The smallest absolute Gasteiger partial charge is 0.131 e. The standard InChI is InChI=1S/C5H10FNO/c1-5(8)3-4-7(2)6/h3-4H2,1-2H3. The van der Waals surface area contributed by atoms with Crippen molar-refractivity contribution in [1.29, 1.82) is 0 Å². The minimum absolute atomic E-state index is 0.0227. The van der Waals surface area contributed by atoms with E-state index in [4.69, 9.17) is 0 Å². The highest BCUT2D eigenvalue weighted by atomic mass is 19.2. The largest absolute Gasteiger partial charge is 0.300 e. The van der Waals surface area contributed by atoms with Gasteiger partial charge in [0.25, 0.3) is 0 Å². The van der Waals surface area contributed by atoms with Crippen LogP contribution in [0, 0.1) is 0 Å². The molecule has 48 valence electrons. The molecule has 0 aromatic heterocycles. The van der Waals surface area contributed by atoms with Gasteiger partial charge in [0.05, 0.1) is 0 Å². The van der Waals surface area contributed by atoms with Crippen molar-refractivity contribution >= 4 is 5.78 Å². The van der Waals surface area contributed by atoms with E-state index in [1.54, 1.807) is 0 Å². The molecule has 0 heterocycles. The zero-order valence-electron chi connectivity index (χ0n) is 5.15. The van der Waals surface area contributed by atoms with Crippen molar-refractivity contribution in [3.63, 3.8) is 0 Å². The molecule has 0 aliphatic rings. The minimum Gasteiger partial charge on any atom is -0.300 e. The molecule has 0 radical (unpaired) electrons. The lowest BCUT2D eigenvalue weighted by molar-refractivity contribution is -0.118. The predicted octanol–water partition coefficient (Wildman–Crippen LogP) is 0.782. The molecular weight excluding hydrogens is 109 g/mol. The summed E-state index contributed by atoms with van der Waals surface area (Å²) in [6.45, 7) is 1.65. The van der Waals surface area contributed by atoms with E-state index in [-0.39, 0.29) is 12.3 Å². The van der Waals surface area contributed by atoms with E-state index < -0.39 is 0 Å². The van der Waals surface area contributed by atoms with E-state index in [9.17, 15) is 9.28 Å². The first kappa shape index (κ1) is 7.56.